The van der Waals surface area contributed by atoms with Gasteiger partial charge in [0, 0.05) is 0 Å². The molecule has 1 rings (SSSR count). The summed E-state index contributed by atoms with van der Waals surface area (Å²) in [4.78, 5) is 22.7. The minimum atomic E-state index is -1.06. The highest BCUT2D eigenvalue weighted by Gasteiger charge is 2.25. The molecule has 0 aliphatic rings. The summed E-state index contributed by atoms with van der Waals surface area (Å²) in [5, 5.41) is 11.5. The molecule has 0 saturated heterocycles. The zero-order valence-electron chi connectivity index (χ0n) is 12.5. The first-order valence-electron chi connectivity index (χ1n) is 6.77. The van der Waals surface area contributed by atoms with Gasteiger partial charge < -0.3 is 19.9 Å². The molecule has 116 valence electrons. The third-order valence-electron chi connectivity index (χ3n) is 3.28. The molecular formula is C15H21NO5. The van der Waals surface area contributed by atoms with Crippen molar-refractivity contribution in [1.29, 1.82) is 0 Å². The summed E-state index contributed by atoms with van der Waals surface area (Å²) >= 11 is 0. The van der Waals surface area contributed by atoms with E-state index in [0.29, 0.717) is 12.2 Å². The van der Waals surface area contributed by atoms with Crippen LogP contribution in [0.2, 0.25) is 0 Å². The van der Waals surface area contributed by atoms with E-state index in [9.17, 15) is 9.59 Å². The van der Waals surface area contributed by atoms with Gasteiger partial charge in [-0.2, -0.15) is 0 Å². The Hall–Kier alpha value is -2.24. The second-order valence-corrected chi connectivity index (χ2v) is 4.77. The number of benzene rings is 1. The third-order valence-corrected chi connectivity index (χ3v) is 3.28. The fraction of sp³-hybridized carbons (Fsp3) is 0.467. The lowest BCUT2D eigenvalue weighted by Crippen LogP contribution is -2.45. The normalized spacial score (nSPS) is 13.1. The van der Waals surface area contributed by atoms with Crippen molar-refractivity contribution >= 4 is 12.1 Å². The van der Waals surface area contributed by atoms with Crippen molar-refractivity contribution in [1.82, 2.24) is 5.32 Å². The summed E-state index contributed by atoms with van der Waals surface area (Å²) in [6, 6.07) is 6.12. The van der Waals surface area contributed by atoms with Crippen LogP contribution >= 0.6 is 0 Å². The predicted molar refractivity (Wildman–Crippen MR) is 77.2 cm³/mol. The molecule has 21 heavy (non-hydrogen) atoms. The standard InChI is InChI=1S/C15H21NO5/c1-4-10(2)13(14(17)18)16-15(19)21-9-11-5-7-12(20-3)8-6-11/h5-8,10,13H,4,9H2,1-3H3,(H,16,19)(H,17,18)/t10-,13-/m0/s1. The molecular weight excluding hydrogens is 274 g/mol. The fourth-order valence-corrected chi connectivity index (χ4v) is 1.72. The maximum absolute atomic E-state index is 11.7. The summed E-state index contributed by atoms with van der Waals surface area (Å²) in [5.74, 6) is -0.521. The Labute approximate surface area is 124 Å². The van der Waals surface area contributed by atoms with Gasteiger partial charge in [-0.3, -0.25) is 0 Å². The molecule has 0 spiro atoms. The number of alkyl carbamates (subject to hydrolysis) is 1. The number of carboxylic acids is 1. The minimum absolute atomic E-state index is 0.0721. The van der Waals surface area contributed by atoms with E-state index < -0.39 is 18.1 Å². The van der Waals surface area contributed by atoms with Gasteiger partial charge in [0.15, 0.2) is 0 Å². The Morgan fingerprint density at radius 2 is 1.90 bits per heavy atom. The Morgan fingerprint density at radius 3 is 2.38 bits per heavy atom. The highest BCUT2D eigenvalue weighted by Crippen LogP contribution is 2.12. The number of hydrogen-bond donors (Lipinski definition) is 2. The Bertz CT molecular complexity index is 471. The number of hydrogen-bond acceptors (Lipinski definition) is 4. The highest BCUT2D eigenvalue weighted by molar-refractivity contribution is 5.80. The average molecular weight is 295 g/mol. The second kappa shape index (κ2) is 8.14. The number of carbonyl (C=O) groups is 2. The van der Waals surface area contributed by atoms with Gasteiger partial charge in [-0.25, -0.2) is 9.59 Å². The molecule has 0 fully saturated rings. The van der Waals surface area contributed by atoms with Crippen LogP contribution < -0.4 is 10.1 Å². The van der Waals surface area contributed by atoms with Crippen molar-refractivity contribution in [2.45, 2.75) is 32.9 Å². The number of methoxy groups -OCH3 is 1. The van der Waals surface area contributed by atoms with E-state index in [4.69, 9.17) is 14.6 Å². The van der Waals surface area contributed by atoms with Crippen LogP contribution in [0.1, 0.15) is 25.8 Å². The fourth-order valence-electron chi connectivity index (χ4n) is 1.72. The zero-order chi connectivity index (χ0) is 15.8. The first-order valence-corrected chi connectivity index (χ1v) is 6.77. The lowest BCUT2D eigenvalue weighted by molar-refractivity contribution is -0.140. The molecule has 0 saturated carbocycles. The van der Waals surface area contributed by atoms with Crippen LogP contribution in [0.3, 0.4) is 0 Å². The molecule has 1 aromatic carbocycles. The van der Waals surface area contributed by atoms with Gasteiger partial charge in [0.1, 0.15) is 18.4 Å². The van der Waals surface area contributed by atoms with Gasteiger partial charge in [0.05, 0.1) is 7.11 Å². The van der Waals surface area contributed by atoms with Gasteiger partial charge in [-0.1, -0.05) is 32.4 Å². The molecule has 6 heteroatoms. The summed E-state index contributed by atoms with van der Waals surface area (Å²) in [6.07, 6.45) is -0.0889. The van der Waals surface area contributed by atoms with Crippen LogP contribution in [-0.4, -0.2) is 30.3 Å². The maximum atomic E-state index is 11.7. The van der Waals surface area contributed by atoms with Crippen LogP contribution in [0.5, 0.6) is 5.75 Å². The Balaban J connectivity index is 2.50. The van der Waals surface area contributed by atoms with E-state index in [2.05, 4.69) is 5.32 Å². The topological polar surface area (TPSA) is 84.9 Å². The molecule has 0 heterocycles. The van der Waals surface area contributed by atoms with E-state index in [1.807, 2.05) is 6.92 Å². The summed E-state index contributed by atoms with van der Waals surface area (Å²) in [6.45, 7) is 3.70. The summed E-state index contributed by atoms with van der Waals surface area (Å²) in [7, 11) is 1.57. The van der Waals surface area contributed by atoms with Gasteiger partial charge in [-0.15, -0.1) is 0 Å². The van der Waals surface area contributed by atoms with Crippen molar-refractivity contribution in [2.24, 2.45) is 5.92 Å². The molecule has 0 aromatic heterocycles. The molecule has 6 nitrogen and oxygen atoms in total. The number of aliphatic carboxylic acids is 1. The van der Waals surface area contributed by atoms with Crippen LogP contribution in [0.15, 0.2) is 24.3 Å². The first kappa shape index (κ1) is 16.8. The molecule has 1 aromatic rings. The number of carboxylic acid groups (broad SMARTS) is 1. The summed E-state index contributed by atoms with van der Waals surface area (Å²) in [5.41, 5.74) is 0.793. The number of nitrogens with one attached hydrogen (secondary N) is 1. The SMILES string of the molecule is CC[C@H](C)[C@H](NC(=O)OCc1ccc(OC)cc1)C(=O)O. The third kappa shape index (κ3) is 5.33. The van der Waals surface area contributed by atoms with E-state index in [1.165, 1.54) is 0 Å². The van der Waals surface area contributed by atoms with E-state index in [1.54, 1.807) is 38.3 Å². The quantitative estimate of drug-likeness (QED) is 0.807. The smallest absolute Gasteiger partial charge is 0.408 e. The molecule has 2 N–H and O–H groups in total. The molecule has 0 unspecified atom stereocenters. The van der Waals surface area contributed by atoms with Crippen molar-refractivity contribution in [3.8, 4) is 5.75 Å². The Kier molecular flexibility index (Phi) is 6.52. The van der Waals surface area contributed by atoms with Crippen LogP contribution in [-0.2, 0) is 16.1 Å². The molecule has 0 bridgehead atoms. The van der Waals surface area contributed by atoms with Gasteiger partial charge in [-0.05, 0) is 23.6 Å². The number of rotatable bonds is 7. The monoisotopic (exact) mass is 295 g/mol. The number of ether oxygens (including phenoxy) is 2. The lowest BCUT2D eigenvalue weighted by Gasteiger charge is -2.19. The summed E-state index contributed by atoms with van der Waals surface area (Å²) < 4.78 is 10.0. The zero-order valence-corrected chi connectivity index (χ0v) is 12.5. The van der Waals surface area contributed by atoms with Crippen molar-refractivity contribution in [3.05, 3.63) is 29.8 Å². The van der Waals surface area contributed by atoms with Gasteiger partial charge in [0.2, 0.25) is 0 Å². The van der Waals surface area contributed by atoms with E-state index in [-0.39, 0.29) is 12.5 Å². The van der Waals surface area contributed by atoms with E-state index in [0.717, 1.165) is 5.56 Å². The lowest BCUT2D eigenvalue weighted by atomic mass is 10.00. The van der Waals surface area contributed by atoms with Gasteiger partial charge in [0.25, 0.3) is 0 Å². The average Bonchev–Trinajstić information content (AvgIpc) is 2.50. The predicted octanol–water partition coefficient (Wildman–Crippen LogP) is 2.42. The van der Waals surface area contributed by atoms with E-state index >= 15 is 0 Å². The van der Waals surface area contributed by atoms with Gasteiger partial charge >= 0.3 is 12.1 Å². The first-order chi connectivity index (χ1) is 9.97. The van der Waals surface area contributed by atoms with Crippen molar-refractivity contribution in [2.75, 3.05) is 7.11 Å². The molecule has 0 aliphatic heterocycles. The number of carbonyl (C=O) groups excluding carboxylic acids is 1. The molecule has 2 atom stereocenters. The maximum Gasteiger partial charge on any atom is 0.408 e. The molecule has 0 aliphatic carbocycles. The van der Waals surface area contributed by atoms with Crippen molar-refractivity contribution in [3.63, 3.8) is 0 Å². The van der Waals surface area contributed by atoms with Crippen LogP contribution in [0.25, 0.3) is 0 Å². The highest BCUT2D eigenvalue weighted by atomic mass is 16.5. The van der Waals surface area contributed by atoms with Crippen molar-refractivity contribution < 1.29 is 24.2 Å². The number of amides is 1. The minimum Gasteiger partial charge on any atom is -0.497 e. The molecule has 0 radical (unpaired) electrons. The Morgan fingerprint density at radius 1 is 1.29 bits per heavy atom. The van der Waals surface area contributed by atoms with Crippen LogP contribution in [0.4, 0.5) is 4.79 Å². The second-order valence-electron chi connectivity index (χ2n) is 4.77. The van der Waals surface area contributed by atoms with Crippen LogP contribution in [0, 0.1) is 5.92 Å². The largest absolute Gasteiger partial charge is 0.497 e. The molecule has 1 amide bonds.